The number of piperidine rings is 1. The maximum atomic E-state index is 12.9. The van der Waals surface area contributed by atoms with Gasteiger partial charge in [-0.05, 0) is 89.3 Å². The second-order valence-corrected chi connectivity index (χ2v) is 19.7. The summed E-state index contributed by atoms with van der Waals surface area (Å²) in [5.74, 6) is 1.74. The van der Waals surface area contributed by atoms with Crippen molar-refractivity contribution in [1.82, 2.24) is 4.90 Å². The topological polar surface area (TPSA) is 93.1 Å². The number of esters is 2. The number of hydrogen-bond acceptors (Lipinski definition) is 6. The van der Waals surface area contributed by atoms with Gasteiger partial charge in [-0.3, -0.25) is 14.4 Å². The fraction of sp³-hybridized carbons (Fsp3) is 0.946. The molecule has 1 aliphatic rings. The van der Waals surface area contributed by atoms with Crippen LogP contribution in [0.1, 0.15) is 297 Å². The smallest absolute Gasteiger partial charge is 0.306 e. The molecular formula is C56H109NO6. The second kappa shape index (κ2) is 49.8. The fourth-order valence-electron chi connectivity index (χ4n) is 9.71. The largest absolute Gasteiger partial charge is 0.483 e. The molecule has 1 fully saturated rings. The van der Waals surface area contributed by atoms with Gasteiger partial charge in [-0.2, -0.15) is 0 Å². The van der Waals surface area contributed by atoms with Gasteiger partial charge in [0.25, 0.3) is 6.47 Å². The van der Waals surface area contributed by atoms with Crippen molar-refractivity contribution >= 4 is 18.4 Å². The summed E-state index contributed by atoms with van der Waals surface area (Å²) in [5.41, 5.74) is 0. The Morgan fingerprint density at radius 3 is 1.24 bits per heavy atom. The molecule has 63 heavy (non-hydrogen) atoms. The van der Waals surface area contributed by atoms with Gasteiger partial charge in [0.1, 0.15) is 6.10 Å². The Balaban J connectivity index is 0.0000124. The zero-order chi connectivity index (χ0) is 46.1. The predicted molar refractivity (Wildman–Crippen MR) is 270 cm³/mol. The zero-order valence-electron chi connectivity index (χ0n) is 42.8. The van der Waals surface area contributed by atoms with E-state index in [1.807, 2.05) is 0 Å². The number of carboxylic acid groups (broad SMARTS) is 1. The van der Waals surface area contributed by atoms with E-state index in [0.29, 0.717) is 19.4 Å². The maximum Gasteiger partial charge on any atom is 0.306 e. The van der Waals surface area contributed by atoms with Crippen LogP contribution < -0.4 is 0 Å². The van der Waals surface area contributed by atoms with E-state index in [9.17, 15) is 9.59 Å². The third kappa shape index (κ3) is 44.0. The van der Waals surface area contributed by atoms with Crippen LogP contribution in [0.25, 0.3) is 0 Å². The number of ether oxygens (including phenoxy) is 2. The van der Waals surface area contributed by atoms with Crippen molar-refractivity contribution in [2.45, 2.75) is 303 Å². The normalized spacial score (nSPS) is 13.6. The van der Waals surface area contributed by atoms with Crippen molar-refractivity contribution in [3.05, 3.63) is 0 Å². The Kier molecular flexibility index (Phi) is 48.5. The highest BCUT2D eigenvalue weighted by molar-refractivity contribution is 5.69. The number of carbonyl (C=O) groups excluding carboxylic acids is 2. The van der Waals surface area contributed by atoms with Crippen molar-refractivity contribution in [1.29, 1.82) is 0 Å². The van der Waals surface area contributed by atoms with Crippen molar-refractivity contribution in [2.24, 2.45) is 11.8 Å². The molecule has 0 amide bonds. The number of hydrogen-bond donors (Lipinski definition) is 1. The SMILES string of the molecule is CCCCCC(CCCCC)CCCCCCCCCCCC(CCCCCCCCCC(=O)OCCC(CCCCC)CCCCC)OC(=O)CCCN1CCCCC1.O=CO. The van der Waals surface area contributed by atoms with Gasteiger partial charge < -0.3 is 19.5 Å². The lowest BCUT2D eigenvalue weighted by atomic mass is 9.90. The highest BCUT2D eigenvalue weighted by atomic mass is 16.5. The molecule has 0 aromatic heterocycles. The quantitative estimate of drug-likeness (QED) is 0.0370. The van der Waals surface area contributed by atoms with Gasteiger partial charge in [0.15, 0.2) is 0 Å². The van der Waals surface area contributed by atoms with Crippen molar-refractivity contribution in [2.75, 3.05) is 26.2 Å². The first-order valence-corrected chi connectivity index (χ1v) is 28.1. The molecule has 0 saturated carbocycles. The summed E-state index contributed by atoms with van der Waals surface area (Å²) >= 11 is 0. The Labute approximate surface area is 392 Å². The van der Waals surface area contributed by atoms with Crippen LogP contribution in [-0.2, 0) is 23.9 Å². The number of carbonyl (C=O) groups is 3. The van der Waals surface area contributed by atoms with E-state index in [4.69, 9.17) is 19.4 Å². The molecule has 7 heteroatoms. The van der Waals surface area contributed by atoms with Crippen LogP contribution in [0.2, 0.25) is 0 Å². The molecule has 7 nitrogen and oxygen atoms in total. The first-order chi connectivity index (χ1) is 30.9. The molecule has 1 saturated heterocycles. The summed E-state index contributed by atoms with van der Waals surface area (Å²) in [7, 11) is 0. The van der Waals surface area contributed by atoms with Gasteiger partial charge in [0, 0.05) is 12.8 Å². The first-order valence-electron chi connectivity index (χ1n) is 28.1. The first kappa shape index (κ1) is 61.4. The lowest BCUT2D eigenvalue weighted by Gasteiger charge is -2.26. The summed E-state index contributed by atoms with van der Waals surface area (Å²) < 4.78 is 11.8. The Hall–Kier alpha value is -1.63. The van der Waals surface area contributed by atoms with Crippen LogP contribution in [0, 0.1) is 11.8 Å². The minimum absolute atomic E-state index is 0.00280. The lowest BCUT2D eigenvalue weighted by Crippen LogP contribution is -2.31. The molecule has 1 heterocycles. The molecule has 1 atom stereocenters. The van der Waals surface area contributed by atoms with Crippen LogP contribution in [-0.4, -0.2) is 60.8 Å². The number of unbranched alkanes of at least 4 members (excludes halogenated alkanes) is 22. The van der Waals surface area contributed by atoms with E-state index in [0.717, 1.165) is 63.3 Å². The maximum absolute atomic E-state index is 12.9. The number of rotatable bonds is 46. The molecule has 0 bridgehead atoms. The minimum Gasteiger partial charge on any atom is -0.483 e. The van der Waals surface area contributed by atoms with Crippen LogP contribution in [0.3, 0.4) is 0 Å². The van der Waals surface area contributed by atoms with E-state index in [-0.39, 0.29) is 24.5 Å². The molecule has 0 radical (unpaired) electrons. The summed E-state index contributed by atoms with van der Waals surface area (Å²) in [6.45, 7) is 13.0. The summed E-state index contributed by atoms with van der Waals surface area (Å²) in [4.78, 5) is 36.2. The van der Waals surface area contributed by atoms with Crippen LogP contribution >= 0.6 is 0 Å². The summed E-state index contributed by atoms with van der Waals surface area (Å²) in [6, 6.07) is 0. The standard InChI is InChI=1S/C55H107NO4.CH2O2/c1-5-9-26-37-51(38-27-10-6-2)41-30-21-17-14-13-15-18-22-31-42-53(60-55(58)45-36-49-56-47-34-25-35-48-56)43-32-23-19-16-20-24-33-44-54(57)59-50-46-52(39-28-11-7-3)40-29-12-8-4;2-1-3/h51-53H,5-50H2,1-4H3;1H,(H,2,3). The third-order valence-corrected chi connectivity index (χ3v) is 13.8. The van der Waals surface area contributed by atoms with Crippen molar-refractivity contribution < 1.29 is 29.0 Å². The molecule has 0 aromatic rings. The second-order valence-electron chi connectivity index (χ2n) is 19.7. The molecule has 0 aromatic carbocycles. The molecule has 0 aliphatic carbocycles. The van der Waals surface area contributed by atoms with Gasteiger partial charge in [0.05, 0.1) is 6.61 Å². The molecule has 1 aliphatic heterocycles. The van der Waals surface area contributed by atoms with E-state index in [2.05, 4.69) is 32.6 Å². The Morgan fingerprint density at radius 2 is 0.810 bits per heavy atom. The van der Waals surface area contributed by atoms with Gasteiger partial charge in [-0.1, -0.05) is 227 Å². The van der Waals surface area contributed by atoms with Crippen LogP contribution in [0.4, 0.5) is 0 Å². The van der Waals surface area contributed by atoms with Crippen molar-refractivity contribution in [3.63, 3.8) is 0 Å². The third-order valence-electron chi connectivity index (χ3n) is 13.8. The molecule has 1 N–H and O–H groups in total. The van der Waals surface area contributed by atoms with Gasteiger partial charge >= 0.3 is 11.9 Å². The lowest BCUT2D eigenvalue weighted by molar-refractivity contribution is -0.150. The number of likely N-dealkylation sites (tertiary alicyclic amines) is 1. The highest BCUT2D eigenvalue weighted by Crippen LogP contribution is 2.25. The summed E-state index contributed by atoms with van der Waals surface area (Å²) in [5, 5.41) is 6.89. The molecule has 1 rings (SSSR count). The highest BCUT2D eigenvalue weighted by Gasteiger charge is 2.16. The molecule has 0 spiro atoms. The van der Waals surface area contributed by atoms with Crippen molar-refractivity contribution in [3.8, 4) is 0 Å². The van der Waals surface area contributed by atoms with E-state index >= 15 is 0 Å². The van der Waals surface area contributed by atoms with E-state index < -0.39 is 0 Å². The van der Waals surface area contributed by atoms with Gasteiger partial charge in [-0.25, -0.2) is 0 Å². The summed E-state index contributed by atoms with van der Waals surface area (Å²) in [6.07, 6.45) is 52.7. The minimum atomic E-state index is -0.250. The average Bonchev–Trinajstić information content (AvgIpc) is 3.28. The predicted octanol–water partition coefficient (Wildman–Crippen LogP) is 17.2. The zero-order valence-corrected chi connectivity index (χ0v) is 42.8. The number of nitrogens with zero attached hydrogens (tertiary/aromatic N) is 1. The fourth-order valence-corrected chi connectivity index (χ4v) is 9.71. The molecule has 1 unspecified atom stereocenters. The molecular weight excluding hydrogens is 783 g/mol. The monoisotopic (exact) mass is 892 g/mol. The van der Waals surface area contributed by atoms with E-state index in [1.54, 1.807) is 0 Å². The Morgan fingerprint density at radius 1 is 0.460 bits per heavy atom. The molecule has 374 valence electrons. The van der Waals surface area contributed by atoms with Gasteiger partial charge in [0.2, 0.25) is 0 Å². The van der Waals surface area contributed by atoms with Crippen LogP contribution in [0.5, 0.6) is 0 Å². The average molecular weight is 892 g/mol. The van der Waals surface area contributed by atoms with Gasteiger partial charge in [-0.15, -0.1) is 0 Å². The Bertz CT molecular complexity index is 934. The van der Waals surface area contributed by atoms with E-state index in [1.165, 1.54) is 225 Å². The van der Waals surface area contributed by atoms with Crippen LogP contribution in [0.15, 0.2) is 0 Å².